The molecule has 1 saturated carbocycles. The van der Waals surface area contributed by atoms with Crippen LogP contribution >= 0.6 is 0 Å². The van der Waals surface area contributed by atoms with Gasteiger partial charge < -0.3 is 15.0 Å². The van der Waals surface area contributed by atoms with E-state index in [0.717, 1.165) is 38.5 Å². The summed E-state index contributed by atoms with van der Waals surface area (Å²) in [6.45, 7) is 8.98. The van der Waals surface area contributed by atoms with Crippen LogP contribution in [0.3, 0.4) is 0 Å². The number of carbonyl (C=O) groups is 1. The van der Waals surface area contributed by atoms with Crippen molar-refractivity contribution in [3.05, 3.63) is 0 Å². The summed E-state index contributed by atoms with van der Waals surface area (Å²) in [7, 11) is 1.49. The van der Waals surface area contributed by atoms with Crippen molar-refractivity contribution in [2.45, 2.75) is 58.4 Å². The smallest absolute Gasteiger partial charge is 0.305 e. The summed E-state index contributed by atoms with van der Waals surface area (Å²) in [4.78, 5) is 14.2. The zero-order valence-electron chi connectivity index (χ0n) is 14.6. The topological polar surface area (TPSA) is 41.6 Å². The fourth-order valence-corrected chi connectivity index (χ4v) is 4.13. The Morgan fingerprint density at radius 1 is 1.23 bits per heavy atom. The average Bonchev–Trinajstić information content (AvgIpc) is 2.97. The first-order valence-electron chi connectivity index (χ1n) is 9.09. The number of likely N-dealkylation sites (tertiary alicyclic amines) is 1. The highest BCUT2D eigenvalue weighted by molar-refractivity contribution is 5.69. The Balaban J connectivity index is 1.84. The molecule has 0 bridgehead atoms. The highest BCUT2D eigenvalue weighted by atomic mass is 16.5. The van der Waals surface area contributed by atoms with Crippen LogP contribution in [0.4, 0.5) is 0 Å². The van der Waals surface area contributed by atoms with E-state index >= 15 is 0 Å². The number of rotatable bonds is 7. The molecule has 1 aliphatic carbocycles. The molecule has 1 aliphatic heterocycles. The molecule has 0 aromatic carbocycles. The maximum atomic E-state index is 11.6. The Kier molecular flexibility index (Phi) is 7.16. The zero-order chi connectivity index (χ0) is 15.9. The normalized spacial score (nSPS) is 27.5. The van der Waals surface area contributed by atoms with Gasteiger partial charge in [-0.05, 0) is 43.6 Å². The molecule has 0 aromatic rings. The molecule has 1 saturated heterocycles. The predicted octanol–water partition coefficient (Wildman–Crippen LogP) is 2.68. The van der Waals surface area contributed by atoms with Crippen LogP contribution in [-0.2, 0) is 9.53 Å². The summed E-state index contributed by atoms with van der Waals surface area (Å²) in [5, 5.41) is 3.79. The predicted molar refractivity (Wildman–Crippen MR) is 89.8 cm³/mol. The number of carbonyl (C=O) groups excluding carboxylic acids is 1. The van der Waals surface area contributed by atoms with Gasteiger partial charge in [0.2, 0.25) is 0 Å². The van der Waals surface area contributed by atoms with E-state index in [9.17, 15) is 4.79 Å². The molecule has 2 unspecified atom stereocenters. The number of hydrogen-bond donors (Lipinski definition) is 1. The van der Waals surface area contributed by atoms with Crippen molar-refractivity contribution in [1.82, 2.24) is 10.2 Å². The molecule has 0 spiro atoms. The fourth-order valence-electron chi connectivity index (χ4n) is 4.13. The second-order valence-electron chi connectivity index (χ2n) is 7.75. The van der Waals surface area contributed by atoms with Gasteiger partial charge in [0.05, 0.1) is 7.11 Å². The van der Waals surface area contributed by atoms with Gasteiger partial charge in [-0.2, -0.15) is 0 Å². The summed E-state index contributed by atoms with van der Waals surface area (Å²) in [6.07, 6.45) is 7.26. The molecular weight excluding hydrogens is 276 g/mol. The summed E-state index contributed by atoms with van der Waals surface area (Å²) < 4.78 is 4.87. The van der Waals surface area contributed by atoms with E-state index in [1.807, 2.05) is 0 Å². The number of nitrogens with one attached hydrogen (secondary N) is 1. The van der Waals surface area contributed by atoms with Crippen LogP contribution in [0.15, 0.2) is 0 Å². The van der Waals surface area contributed by atoms with E-state index in [4.69, 9.17) is 4.74 Å². The lowest BCUT2D eigenvalue weighted by molar-refractivity contribution is -0.142. The van der Waals surface area contributed by atoms with E-state index in [1.165, 1.54) is 32.8 Å². The maximum absolute atomic E-state index is 11.6. The molecule has 4 heteroatoms. The van der Waals surface area contributed by atoms with E-state index in [-0.39, 0.29) is 5.97 Å². The number of nitrogens with zero attached hydrogens (tertiary/aromatic N) is 1. The van der Waals surface area contributed by atoms with Gasteiger partial charge in [0.25, 0.3) is 0 Å². The average molecular weight is 310 g/mol. The third kappa shape index (κ3) is 5.88. The second-order valence-corrected chi connectivity index (χ2v) is 7.75. The number of methoxy groups -OCH3 is 1. The summed E-state index contributed by atoms with van der Waals surface area (Å²) in [5.74, 6) is 1.92. The second kappa shape index (κ2) is 8.88. The molecule has 2 aliphatic rings. The fraction of sp³-hybridized carbons (Fsp3) is 0.944. The molecule has 0 aromatic heterocycles. The Morgan fingerprint density at radius 3 is 2.59 bits per heavy atom. The first kappa shape index (κ1) is 17.7. The Hall–Kier alpha value is -0.610. The Bertz CT molecular complexity index is 340. The van der Waals surface area contributed by atoms with Crippen LogP contribution in [0.5, 0.6) is 0 Å². The molecule has 4 nitrogen and oxygen atoms in total. The molecule has 2 rings (SSSR count). The zero-order valence-corrected chi connectivity index (χ0v) is 14.6. The minimum Gasteiger partial charge on any atom is -0.469 e. The molecule has 1 N–H and O–H groups in total. The number of esters is 1. The summed E-state index contributed by atoms with van der Waals surface area (Å²) in [5.41, 5.74) is 0. The largest absolute Gasteiger partial charge is 0.469 e. The van der Waals surface area contributed by atoms with Crippen LogP contribution in [0.25, 0.3) is 0 Å². The summed E-state index contributed by atoms with van der Waals surface area (Å²) in [6, 6.07) is 0.530. The standard InChI is InChI=1S/C18H34N2O2/c1-14(2)11-20-12-16(9-18(21)22-3)8-17(13-20)19-10-15-6-4-5-7-15/h14-17,19H,4-13H2,1-3H3. The summed E-state index contributed by atoms with van der Waals surface area (Å²) >= 11 is 0. The lowest BCUT2D eigenvalue weighted by Gasteiger charge is -2.39. The Morgan fingerprint density at radius 2 is 1.95 bits per heavy atom. The van der Waals surface area contributed by atoms with Crippen LogP contribution in [0.2, 0.25) is 0 Å². The van der Waals surface area contributed by atoms with Gasteiger partial charge in [-0.15, -0.1) is 0 Å². The van der Waals surface area contributed by atoms with Crippen molar-refractivity contribution in [3.63, 3.8) is 0 Å². The van der Waals surface area contributed by atoms with Crippen LogP contribution < -0.4 is 5.32 Å². The number of ether oxygens (including phenoxy) is 1. The Labute approximate surface area is 136 Å². The van der Waals surface area contributed by atoms with Crippen molar-refractivity contribution >= 4 is 5.97 Å². The van der Waals surface area contributed by atoms with Crippen molar-refractivity contribution in [2.75, 3.05) is 33.3 Å². The minimum absolute atomic E-state index is 0.0639. The van der Waals surface area contributed by atoms with E-state index in [1.54, 1.807) is 0 Å². The van der Waals surface area contributed by atoms with Crippen molar-refractivity contribution in [1.29, 1.82) is 0 Å². The number of hydrogen-bond acceptors (Lipinski definition) is 4. The van der Waals surface area contributed by atoms with E-state index in [2.05, 4.69) is 24.1 Å². The SMILES string of the molecule is COC(=O)CC1CC(NCC2CCCC2)CN(CC(C)C)C1. The number of piperidine rings is 1. The third-order valence-electron chi connectivity index (χ3n) is 5.09. The highest BCUT2D eigenvalue weighted by Crippen LogP contribution is 2.25. The van der Waals surface area contributed by atoms with E-state index in [0.29, 0.717) is 24.3 Å². The van der Waals surface area contributed by atoms with Crippen LogP contribution in [-0.4, -0.2) is 50.2 Å². The molecule has 0 amide bonds. The van der Waals surface area contributed by atoms with Crippen LogP contribution in [0, 0.1) is 17.8 Å². The van der Waals surface area contributed by atoms with Gasteiger partial charge in [-0.3, -0.25) is 4.79 Å². The monoisotopic (exact) mass is 310 g/mol. The van der Waals surface area contributed by atoms with Crippen molar-refractivity contribution in [3.8, 4) is 0 Å². The third-order valence-corrected chi connectivity index (χ3v) is 5.09. The quantitative estimate of drug-likeness (QED) is 0.734. The molecule has 1 heterocycles. The van der Waals surface area contributed by atoms with Crippen molar-refractivity contribution < 1.29 is 9.53 Å². The van der Waals surface area contributed by atoms with Gasteiger partial charge in [0.1, 0.15) is 0 Å². The van der Waals surface area contributed by atoms with Crippen LogP contribution in [0.1, 0.15) is 52.4 Å². The highest BCUT2D eigenvalue weighted by Gasteiger charge is 2.29. The van der Waals surface area contributed by atoms with Gasteiger partial charge in [0.15, 0.2) is 0 Å². The van der Waals surface area contributed by atoms with Gasteiger partial charge in [-0.1, -0.05) is 26.7 Å². The molecule has 2 atom stereocenters. The maximum Gasteiger partial charge on any atom is 0.305 e. The molecule has 0 radical (unpaired) electrons. The first-order valence-corrected chi connectivity index (χ1v) is 9.09. The molecule has 128 valence electrons. The minimum atomic E-state index is -0.0639. The van der Waals surface area contributed by atoms with Crippen molar-refractivity contribution in [2.24, 2.45) is 17.8 Å². The lowest BCUT2D eigenvalue weighted by Crippen LogP contribution is -2.51. The lowest BCUT2D eigenvalue weighted by atomic mass is 9.90. The molecular formula is C18H34N2O2. The van der Waals surface area contributed by atoms with Gasteiger partial charge >= 0.3 is 5.97 Å². The first-order chi connectivity index (χ1) is 10.6. The van der Waals surface area contributed by atoms with Gasteiger partial charge in [0, 0.05) is 32.1 Å². The van der Waals surface area contributed by atoms with E-state index < -0.39 is 0 Å². The van der Waals surface area contributed by atoms with Gasteiger partial charge in [-0.25, -0.2) is 0 Å². The molecule has 2 fully saturated rings. The molecule has 22 heavy (non-hydrogen) atoms.